The van der Waals surface area contributed by atoms with Crippen molar-refractivity contribution >= 4 is 26.8 Å². The fourth-order valence-corrected chi connectivity index (χ4v) is 6.79. The van der Waals surface area contributed by atoms with Crippen molar-refractivity contribution in [3.8, 4) is 0 Å². The molecule has 0 aliphatic rings. The molecule has 0 rings (SSSR count). The summed E-state index contributed by atoms with van der Waals surface area (Å²) in [5.74, 6) is 0. The number of unbranched alkanes of at least 4 members (excludes halogenated alkanes) is 2. The first kappa shape index (κ1) is 24.4. The van der Waals surface area contributed by atoms with Crippen molar-refractivity contribution in [1.29, 1.82) is 0 Å². The second-order valence-electron chi connectivity index (χ2n) is 9.41. The van der Waals surface area contributed by atoms with Gasteiger partial charge in [-0.3, -0.25) is 0 Å². The Balaban J connectivity index is 5.31. The van der Waals surface area contributed by atoms with Crippen molar-refractivity contribution in [2.75, 3.05) is 0 Å². The van der Waals surface area contributed by atoms with E-state index in [1.807, 2.05) is 0 Å². The molecule has 0 aromatic rings. The maximum Gasteiger partial charge on any atom is 0.192 e. The van der Waals surface area contributed by atoms with Crippen LogP contribution in [0.5, 0.6) is 0 Å². The molecule has 0 radical (unpaired) electrons. The second kappa shape index (κ2) is 9.94. The Labute approximate surface area is 159 Å². The molecule has 0 aromatic carbocycles. The van der Waals surface area contributed by atoms with E-state index in [-0.39, 0.29) is 11.1 Å². The average molecular weight is 391 g/mol. The van der Waals surface area contributed by atoms with Crippen LogP contribution < -0.4 is 0 Å². The predicted molar refractivity (Wildman–Crippen MR) is 117 cm³/mol. The van der Waals surface area contributed by atoms with Crippen LogP contribution in [0.1, 0.15) is 81.1 Å². The van der Waals surface area contributed by atoms with Crippen LogP contribution in [0, 0.1) is 0 Å². The Bertz CT molecular complexity index is 376. The van der Waals surface area contributed by atoms with Crippen molar-refractivity contribution in [3.05, 3.63) is 11.8 Å². The topological polar surface area (TPSA) is 9.23 Å². The fraction of sp³-hybridized carbons (Fsp3) is 0.900. The first-order valence-electron chi connectivity index (χ1n) is 9.84. The summed E-state index contributed by atoms with van der Waals surface area (Å²) in [6, 6.07) is 0. The molecule has 0 aliphatic heterocycles. The van der Waals surface area contributed by atoms with E-state index in [4.69, 9.17) is 15.5 Å². The van der Waals surface area contributed by atoms with E-state index in [1.165, 1.54) is 19.3 Å². The normalized spacial score (nSPS) is 15.7. The lowest BCUT2D eigenvalue weighted by atomic mass is 10.1. The molecule has 1 nitrogen and oxygen atoms in total. The molecule has 0 aromatic heterocycles. The van der Waals surface area contributed by atoms with Gasteiger partial charge in [0.25, 0.3) is 0 Å². The van der Waals surface area contributed by atoms with E-state index in [2.05, 4.69) is 80.3 Å². The molecule has 24 heavy (non-hydrogen) atoms. The summed E-state index contributed by atoms with van der Waals surface area (Å²) in [5, 5.41) is 0.245. The van der Waals surface area contributed by atoms with Gasteiger partial charge in [-0.15, -0.1) is 0 Å². The highest BCUT2D eigenvalue weighted by Gasteiger charge is 2.39. The van der Waals surface area contributed by atoms with E-state index >= 15 is 0 Å². The van der Waals surface area contributed by atoms with E-state index < -0.39 is 15.7 Å². The van der Waals surface area contributed by atoms with Gasteiger partial charge < -0.3 is 4.43 Å². The average Bonchev–Trinajstić information content (AvgIpc) is 2.42. The molecule has 4 heteroatoms. The van der Waals surface area contributed by atoms with Crippen LogP contribution >= 0.6 is 11.1 Å². The standard InChI is InChI=1S/C20H43ClOSi2/c1-11-12-13-14-19(22-23(9,10)20(6,7)8)15-16-24(21,17(2)3)18(4)5/h15-19H,11-14H2,1-10H3/b16-15+/t19-/m0/s1. The van der Waals surface area contributed by atoms with E-state index in [0.717, 1.165) is 6.42 Å². The van der Waals surface area contributed by atoms with E-state index in [0.29, 0.717) is 11.1 Å². The highest BCUT2D eigenvalue weighted by Crippen LogP contribution is 2.39. The summed E-state index contributed by atoms with van der Waals surface area (Å²) in [7, 11) is -3.67. The monoisotopic (exact) mass is 390 g/mol. The summed E-state index contributed by atoms with van der Waals surface area (Å²) in [5.41, 5.74) is 3.45. The highest BCUT2D eigenvalue weighted by atomic mass is 35.6. The molecule has 0 N–H and O–H groups in total. The summed E-state index contributed by atoms with van der Waals surface area (Å²) in [4.78, 5) is 0. The SMILES string of the molecule is CCCCC[C@@H](/C=C/[Si](Cl)(C(C)C)C(C)C)O[Si](C)(C)C(C)(C)C. The van der Waals surface area contributed by atoms with Gasteiger partial charge in [0, 0.05) is 0 Å². The van der Waals surface area contributed by atoms with Crippen molar-refractivity contribution in [2.45, 2.75) is 116 Å². The van der Waals surface area contributed by atoms with Gasteiger partial charge in [-0.05, 0) is 35.6 Å². The molecule has 0 fully saturated rings. The van der Waals surface area contributed by atoms with Gasteiger partial charge in [0.15, 0.2) is 15.7 Å². The maximum atomic E-state index is 7.08. The maximum absolute atomic E-state index is 7.08. The zero-order chi connectivity index (χ0) is 19.2. The van der Waals surface area contributed by atoms with Crippen molar-refractivity contribution < 1.29 is 4.43 Å². The molecule has 144 valence electrons. The van der Waals surface area contributed by atoms with Gasteiger partial charge in [0.1, 0.15) is 0 Å². The minimum absolute atomic E-state index is 0.223. The Morgan fingerprint density at radius 2 is 1.50 bits per heavy atom. The molecule has 1 atom stereocenters. The van der Waals surface area contributed by atoms with Crippen LogP contribution in [-0.4, -0.2) is 21.8 Å². The molecule has 0 heterocycles. The molecule has 0 bridgehead atoms. The molecule has 0 aliphatic carbocycles. The summed E-state index contributed by atoms with van der Waals surface area (Å²) < 4.78 is 6.72. The fourth-order valence-electron chi connectivity index (χ4n) is 2.65. The van der Waals surface area contributed by atoms with Crippen LogP contribution in [0.25, 0.3) is 0 Å². The van der Waals surface area contributed by atoms with E-state index in [1.54, 1.807) is 0 Å². The lowest BCUT2D eigenvalue weighted by Gasteiger charge is -2.39. The molecule has 0 spiro atoms. The number of rotatable bonds is 10. The largest absolute Gasteiger partial charge is 0.411 e. The second-order valence-corrected chi connectivity index (χ2v) is 20.4. The predicted octanol–water partition coefficient (Wildman–Crippen LogP) is 8.06. The summed E-state index contributed by atoms with van der Waals surface area (Å²) in [6.07, 6.45) is 7.44. The number of hydrogen-bond acceptors (Lipinski definition) is 1. The molecule has 0 saturated heterocycles. The first-order valence-corrected chi connectivity index (χ1v) is 16.0. The zero-order valence-corrected chi connectivity index (χ0v) is 20.8. The lowest BCUT2D eigenvalue weighted by Crippen LogP contribution is -2.43. The Kier molecular flexibility index (Phi) is 10.1. The third kappa shape index (κ3) is 7.35. The molecule has 0 unspecified atom stereocenters. The van der Waals surface area contributed by atoms with E-state index in [9.17, 15) is 0 Å². The molecular weight excluding hydrogens is 348 g/mol. The Hall–Kier alpha value is 0.424. The lowest BCUT2D eigenvalue weighted by molar-refractivity contribution is 0.211. The summed E-state index contributed by atoms with van der Waals surface area (Å²) in [6.45, 7) is 23.0. The Morgan fingerprint density at radius 1 is 1.00 bits per heavy atom. The van der Waals surface area contributed by atoms with Crippen molar-refractivity contribution in [1.82, 2.24) is 0 Å². The van der Waals surface area contributed by atoms with Crippen LogP contribution in [0.15, 0.2) is 11.8 Å². The van der Waals surface area contributed by atoms with Gasteiger partial charge in [0.05, 0.1) is 6.10 Å². The van der Waals surface area contributed by atoms with Gasteiger partial charge in [-0.1, -0.05) is 86.4 Å². The molecule has 0 saturated carbocycles. The van der Waals surface area contributed by atoms with Crippen LogP contribution in [0.4, 0.5) is 0 Å². The number of hydrogen-bond donors (Lipinski definition) is 0. The van der Waals surface area contributed by atoms with Gasteiger partial charge in [-0.2, -0.15) is 11.1 Å². The minimum Gasteiger partial charge on any atom is -0.411 e. The summed E-state index contributed by atoms with van der Waals surface area (Å²) >= 11 is 7.08. The minimum atomic E-state index is -1.91. The molecule has 0 amide bonds. The van der Waals surface area contributed by atoms with Crippen molar-refractivity contribution in [3.63, 3.8) is 0 Å². The third-order valence-electron chi connectivity index (χ3n) is 5.68. The van der Waals surface area contributed by atoms with Crippen molar-refractivity contribution in [2.24, 2.45) is 0 Å². The van der Waals surface area contributed by atoms with Crippen LogP contribution in [0.2, 0.25) is 29.2 Å². The van der Waals surface area contributed by atoms with Gasteiger partial charge in [-0.25, -0.2) is 0 Å². The molecular formula is C20H43ClOSi2. The highest BCUT2D eigenvalue weighted by molar-refractivity contribution is 7.24. The van der Waals surface area contributed by atoms with Gasteiger partial charge >= 0.3 is 0 Å². The zero-order valence-electron chi connectivity index (χ0n) is 18.0. The smallest absolute Gasteiger partial charge is 0.192 e. The third-order valence-corrected chi connectivity index (χ3v) is 17.4. The number of halogens is 1. The van der Waals surface area contributed by atoms with Gasteiger partial charge in [0.2, 0.25) is 0 Å². The van der Waals surface area contributed by atoms with Crippen LogP contribution in [0.3, 0.4) is 0 Å². The first-order chi connectivity index (χ1) is 10.8. The quantitative estimate of drug-likeness (QED) is 0.208. The van der Waals surface area contributed by atoms with Crippen LogP contribution in [-0.2, 0) is 4.43 Å². The Morgan fingerprint density at radius 3 is 1.88 bits per heavy atom.